The van der Waals surface area contributed by atoms with Gasteiger partial charge in [0.1, 0.15) is 6.04 Å². The Morgan fingerprint density at radius 3 is 2.60 bits per heavy atom. The lowest BCUT2D eigenvalue weighted by molar-refractivity contribution is -0.139. The first kappa shape index (κ1) is 14.8. The number of thioether (sulfide) groups is 1. The van der Waals surface area contributed by atoms with Crippen molar-refractivity contribution in [3.63, 3.8) is 0 Å². The molecule has 0 fully saturated rings. The zero-order valence-corrected chi connectivity index (χ0v) is 10.8. The number of hydrogen-bond acceptors (Lipinski definition) is 3. The summed E-state index contributed by atoms with van der Waals surface area (Å²) in [5, 5.41) is 12.6. The zero-order chi connectivity index (χ0) is 11.7. The van der Waals surface area contributed by atoms with E-state index in [1.165, 1.54) is 0 Å². The van der Waals surface area contributed by atoms with Crippen molar-refractivity contribution in [2.24, 2.45) is 0 Å². The Kier molecular flexibility index (Phi) is 8.91. The van der Waals surface area contributed by atoms with Crippen LogP contribution in [0.2, 0.25) is 0 Å². The van der Waals surface area contributed by atoms with Crippen molar-refractivity contribution in [3.05, 3.63) is 0 Å². The fourth-order valence-corrected chi connectivity index (χ4v) is 2.15. The van der Waals surface area contributed by atoms with Gasteiger partial charge < -0.3 is 10.4 Å². The first-order valence-electron chi connectivity index (χ1n) is 5.69. The summed E-state index contributed by atoms with van der Waals surface area (Å²) < 4.78 is 0. The van der Waals surface area contributed by atoms with Gasteiger partial charge in [0.25, 0.3) is 0 Å². The predicted octanol–water partition coefficient (Wildman–Crippen LogP) is 2.36. The van der Waals surface area contributed by atoms with E-state index in [9.17, 15) is 4.79 Å². The molecule has 4 heteroatoms. The highest BCUT2D eigenvalue weighted by Crippen LogP contribution is 2.15. The van der Waals surface area contributed by atoms with Crippen LogP contribution in [0.3, 0.4) is 0 Å². The molecule has 90 valence electrons. The van der Waals surface area contributed by atoms with Gasteiger partial charge in [-0.15, -0.1) is 0 Å². The lowest BCUT2D eigenvalue weighted by Crippen LogP contribution is -2.37. The third-order valence-corrected chi connectivity index (χ3v) is 3.70. The Bertz CT molecular complexity index is 176. The minimum Gasteiger partial charge on any atom is -0.480 e. The van der Waals surface area contributed by atoms with Crippen molar-refractivity contribution < 1.29 is 9.90 Å². The van der Waals surface area contributed by atoms with Crippen LogP contribution in [0.4, 0.5) is 0 Å². The van der Waals surface area contributed by atoms with E-state index in [4.69, 9.17) is 5.11 Å². The molecule has 0 heterocycles. The summed E-state index contributed by atoms with van der Waals surface area (Å²) >= 11 is 1.85. The van der Waals surface area contributed by atoms with Crippen molar-refractivity contribution in [2.45, 2.75) is 51.3 Å². The van der Waals surface area contributed by atoms with Crippen molar-refractivity contribution in [2.75, 3.05) is 12.3 Å². The first-order valence-corrected chi connectivity index (χ1v) is 6.74. The van der Waals surface area contributed by atoms with Crippen molar-refractivity contribution in [3.8, 4) is 0 Å². The average Bonchev–Trinajstić information content (AvgIpc) is 2.22. The normalized spacial score (nSPS) is 14.9. The van der Waals surface area contributed by atoms with Gasteiger partial charge in [-0.2, -0.15) is 11.8 Å². The van der Waals surface area contributed by atoms with Crippen LogP contribution in [0.25, 0.3) is 0 Å². The smallest absolute Gasteiger partial charge is 0.320 e. The molecule has 2 N–H and O–H groups in total. The molecular weight excluding hydrogens is 210 g/mol. The van der Waals surface area contributed by atoms with Gasteiger partial charge >= 0.3 is 5.97 Å². The maximum Gasteiger partial charge on any atom is 0.320 e. The lowest BCUT2D eigenvalue weighted by Gasteiger charge is -2.14. The number of carboxylic acid groups (broad SMARTS) is 1. The zero-order valence-electron chi connectivity index (χ0n) is 9.95. The average molecular weight is 233 g/mol. The van der Waals surface area contributed by atoms with Crippen LogP contribution in [0.15, 0.2) is 0 Å². The molecule has 0 aromatic carbocycles. The number of carbonyl (C=O) groups is 1. The molecule has 0 amide bonds. The Morgan fingerprint density at radius 2 is 2.13 bits per heavy atom. The molecule has 2 unspecified atom stereocenters. The molecule has 15 heavy (non-hydrogen) atoms. The molecule has 3 nitrogen and oxygen atoms in total. The fourth-order valence-electron chi connectivity index (χ4n) is 1.14. The highest BCUT2D eigenvalue weighted by Gasteiger charge is 2.15. The molecule has 0 saturated carbocycles. The van der Waals surface area contributed by atoms with E-state index in [1.807, 2.05) is 18.7 Å². The minimum absolute atomic E-state index is 0.374. The monoisotopic (exact) mass is 233 g/mol. The maximum absolute atomic E-state index is 10.9. The molecule has 0 aliphatic carbocycles. The number of rotatable bonds is 9. The van der Waals surface area contributed by atoms with Gasteiger partial charge in [0.15, 0.2) is 0 Å². The Balaban J connectivity index is 3.71. The van der Waals surface area contributed by atoms with Crippen LogP contribution in [0.1, 0.15) is 40.0 Å². The molecule has 0 aliphatic rings. The third kappa shape index (κ3) is 7.68. The molecule has 0 spiro atoms. The van der Waals surface area contributed by atoms with E-state index >= 15 is 0 Å². The van der Waals surface area contributed by atoms with Gasteiger partial charge in [-0.3, -0.25) is 4.79 Å². The summed E-state index contributed by atoms with van der Waals surface area (Å²) in [6.07, 6.45) is 2.83. The molecule has 0 radical (unpaired) electrons. The van der Waals surface area contributed by atoms with E-state index < -0.39 is 5.97 Å². The van der Waals surface area contributed by atoms with Gasteiger partial charge in [-0.1, -0.05) is 20.8 Å². The van der Waals surface area contributed by atoms with Gasteiger partial charge in [-0.05, 0) is 31.6 Å². The summed E-state index contributed by atoms with van der Waals surface area (Å²) in [6, 6.07) is -0.374. The van der Waals surface area contributed by atoms with E-state index in [-0.39, 0.29) is 6.04 Å². The van der Waals surface area contributed by atoms with Crippen molar-refractivity contribution in [1.29, 1.82) is 0 Å². The Labute approximate surface area is 97.0 Å². The van der Waals surface area contributed by atoms with Crippen LogP contribution >= 0.6 is 11.8 Å². The second kappa shape index (κ2) is 9.04. The molecule has 0 aromatic heterocycles. The number of nitrogens with one attached hydrogen (secondary N) is 1. The van der Waals surface area contributed by atoms with Gasteiger partial charge in [0, 0.05) is 5.25 Å². The van der Waals surface area contributed by atoms with Crippen LogP contribution < -0.4 is 5.32 Å². The van der Waals surface area contributed by atoms with Gasteiger partial charge in [0.2, 0.25) is 0 Å². The molecular formula is C11H23NO2S. The molecule has 2 atom stereocenters. The number of carboxylic acids is 1. The summed E-state index contributed by atoms with van der Waals surface area (Å²) in [6.45, 7) is 7.16. The van der Waals surface area contributed by atoms with Gasteiger partial charge in [-0.25, -0.2) is 0 Å². The second-order valence-corrected chi connectivity index (χ2v) is 5.27. The minimum atomic E-state index is -0.729. The van der Waals surface area contributed by atoms with E-state index in [0.717, 1.165) is 25.1 Å². The highest BCUT2D eigenvalue weighted by molar-refractivity contribution is 7.99. The van der Waals surface area contributed by atoms with E-state index in [2.05, 4.69) is 19.2 Å². The summed E-state index contributed by atoms with van der Waals surface area (Å²) in [5.74, 6) is 0.191. The summed E-state index contributed by atoms with van der Waals surface area (Å²) in [5.41, 5.74) is 0. The Hall–Kier alpha value is -0.220. The van der Waals surface area contributed by atoms with E-state index in [0.29, 0.717) is 11.7 Å². The number of aliphatic carboxylic acids is 1. The standard InChI is InChI=1S/C11H23NO2S/c1-4-7-12-10(11(13)14)6-8-15-9(3)5-2/h9-10,12H,4-8H2,1-3H3,(H,13,14). The largest absolute Gasteiger partial charge is 0.480 e. The van der Waals surface area contributed by atoms with Crippen LogP contribution in [0, 0.1) is 0 Å². The van der Waals surface area contributed by atoms with Crippen LogP contribution in [-0.2, 0) is 4.79 Å². The quantitative estimate of drug-likeness (QED) is 0.642. The molecule has 0 aliphatic heterocycles. The van der Waals surface area contributed by atoms with Gasteiger partial charge in [0.05, 0.1) is 0 Å². The van der Waals surface area contributed by atoms with Crippen LogP contribution in [0.5, 0.6) is 0 Å². The summed E-state index contributed by atoms with van der Waals surface area (Å²) in [7, 11) is 0. The van der Waals surface area contributed by atoms with Crippen molar-refractivity contribution >= 4 is 17.7 Å². The lowest BCUT2D eigenvalue weighted by atomic mass is 10.2. The van der Waals surface area contributed by atoms with E-state index in [1.54, 1.807) is 0 Å². The maximum atomic E-state index is 10.9. The van der Waals surface area contributed by atoms with Crippen LogP contribution in [-0.4, -0.2) is 34.7 Å². The molecule has 0 aromatic rings. The molecule has 0 rings (SSSR count). The summed E-state index contributed by atoms with van der Waals surface area (Å²) in [4.78, 5) is 10.9. The SMILES string of the molecule is CCCNC(CCSC(C)CC)C(=O)O. The number of hydrogen-bond donors (Lipinski definition) is 2. The third-order valence-electron chi connectivity index (χ3n) is 2.32. The predicted molar refractivity (Wildman–Crippen MR) is 66.5 cm³/mol. The second-order valence-electron chi connectivity index (χ2n) is 3.72. The topological polar surface area (TPSA) is 49.3 Å². The molecule has 0 bridgehead atoms. The fraction of sp³-hybridized carbons (Fsp3) is 0.909. The Morgan fingerprint density at radius 1 is 1.47 bits per heavy atom. The van der Waals surface area contributed by atoms with Crippen molar-refractivity contribution in [1.82, 2.24) is 5.32 Å². The first-order chi connectivity index (χ1) is 7.11. The molecule has 0 saturated heterocycles. The highest BCUT2D eigenvalue weighted by atomic mass is 32.2.